The highest BCUT2D eigenvalue weighted by molar-refractivity contribution is 6.18. The molecular weight excluding hydrogens is 779 g/mol. The van der Waals surface area contributed by atoms with E-state index in [1.54, 1.807) is 0 Å². The molecule has 11 aromatic rings. The molecule has 0 fully saturated rings. The van der Waals surface area contributed by atoms with E-state index in [0.29, 0.717) is 0 Å². The van der Waals surface area contributed by atoms with Gasteiger partial charge in [0, 0.05) is 33.0 Å². The predicted octanol–water partition coefficient (Wildman–Crippen LogP) is 15.6. The fourth-order valence-corrected chi connectivity index (χ4v) is 10.2. The first-order valence-electron chi connectivity index (χ1n) is 21.9. The van der Waals surface area contributed by atoms with Crippen molar-refractivity contribution in [1.29, 1.82) is 0 Å². The molecule has 0 radical (unpaired) electrons. The quantitative estimate of drug-likeness (QED) is 0.161. The lowest BCUT2D eigenvalue weighted by Crippen LogP contribution is -2.03. The lowest BCUT2D eigenvalue weighted by atomic mass is 9.81. The number of hydrogen-bond donors (Lipinski definition) is 0. The maximum Gasteiger partial charge on any atom is 0.136 e. The van der Waals surface area contributed by atoms with Crippen molar-refractivity contribution in [1.82, 2.24) is 15.4 Å². The van der Waals surface area contributed by atoms with Crippen LogP contribution in [0.25, 0.3) is 111 Å². The fraction of sp³-hybridized carbons (Fsp3) is 0.0500. The molecule has 9 aromatic carbocycles. The number of aryl methyl sites for hydroxylation is 1. The van der Waals surface area contributed by atoms with Crippen LogP contribution in [0.5, 0.6) is 0 Å². The smallest absolute Gasteiger partial charge is 0.136 e. The molecule has 2 heterocycles. The van der Waals surface area contributed by atoms with Gasteiger partial charge in [-0.2, -0.15) is 0 Å². The van der Waals surface area contributed by atoms with Gasteiger partial charge in [-0.15, -0.1) is 10.2 Å². The van der Waals surface area contributed by atoms with Gasteiger partial charge in [0.15, 0.2) is 0 Å². The maximum absolute atomic E-state index is 6.69. The molecule has 0 spiro atoms. The minimum Gasteiger partial charge on any atom is -0.456 e. The van der Waals surface area contributed by atoms with E-state index in [2.05, 4.69) is 207 Å². The summed E-state index contributed by atoms with van der Waals surface area (Å²) < 4.78 is 6.69. The van der Waals surface area contributed by atoms with Crippen LogP contribution in [-0.4, -0.2) is 15.4 Å². The van der Waals surface area contributed by atoms with Gasteiger partial charge in [-0.3, -0.25) is 0 Å². The Kier molecular flexibility index (Phi) is 8.98. The van der Waals surface area contributed by atoms with Crippen LogP contribution in [-0.2, 0) is 6.42 Å². The maximum atomic E-state index is 6.69. The zero-order valence-corrected chi connectivity index (χ0v) is 35.5. The van der Waals surface area contributed by atoms with Crippen molar-refractivity contribution in [2.24, 2.45) is 0 Å². The van der Waals surface area contributed by atoms with E-state index in [1.807, 2.05) is 12.1 Å². The monoisotopic (exact) mass is 819 g/mol. The second-order valence-corrected chi connectivity index (χ2v) is 16.7. The van der Waals surface area contributed by atoms with Gasteiger partial charge >= 0.3 is 0 Å². The first kappa shape index (κ1) is 37.5. The van der Waals surface area contributed by atoms with Gasteiger partial charge in [0.05, 0.1) is 0 Å². The molecule has 1 aliphatic carbocycles. The van der Waals surface area contributed by atoms with Crippen LogP contribution in [0.15, 0.2) is 205 Å². The molecule has 2 aromatic heterocycles. The number of benzene rings is 9. The summed E-state index contributed by atoms with van der Waals surface area (Å²) in [6.07, 6.45) is 0.870. The number of furan rings is 1. The Morgan fingerprint density at radius 3 is 1.70 bits per heavy atom. The first-order chi connectivity index (χ1) is 31.6. The molecule has 0 unspecified atom stereocenters. The second-order valence-electron chi connectivity index (χ2n) is 16.7. The fourth-order valence-electron chi connectivity index (χ4n) is 10.2. The van der Waals surface area contributed by atoms with Crippen LogP contribution in [0.3, 0.4) is 0 Å². The summed E-state index contributed by atoms with van der Waals surface area (Å²) in [5.74, 6) is 0. The summed E-state index contributed by atoms with van der Waals surface area (Å²) in [5.41, 5.74) is 24.1. The SMILES string of the molecule is Cc1cc2c(c(-c3ccc4oc5ccccc5c4c3-c3ccccc3-c3nnnc(-c4ccccc4)c3-c3ccccc3-c3ccccc3-c3ccccc3)c1C)Cc1ccccc1-2. The van der Waals surface area contributed by atoms with E-state index >= 15 is 0 Å². The van der Waals surface area contributed by atoms with Crippen molar-refractivity contribution in [3.63, 3.8) is 0 Å². The van der Waals surface area contributed by atoms with E-state index in [-0.39, 0.29) is 0 Å². The molecule has 1 aliphatic rings. The lowest BCUT2D eigenvalue weighted by Gasteiger charge is -2.22. The average Bonchev–Trinajstić information content (AvgIpc) is 3.93. The predicted molar refractivity (Wildman–Crippen MR) is 263 cm³/mol. The molecule has 0 bridgehead atoms. The highest BCUT2D eigenvalue weighted by atomic mass is 16.3. The third-order valence-corrected chi connectivity index (χ3v) is 13.2. The van der Waals surface area contributed by atoms with Gasteiger partial charge in [-0.1, -0.05) is 182 Å². The highest BCUT2D eigenvalue weighted by Gasteiger charge is 2.30. The minimum absolute atomic E-state index is 0.753. The third-order valence-electron chi connectivity index (χ3n) is 13.2. The summed E-state index contributed by atoms with van der Waals surface area (Å²) in [6.45, 7) is 4.53. The Balaban J connectivity index is 1.18. The van der Waals surface area contributed by atoms with E-state index in [1.165, 1.54) is 44.5 Å². The average molecular weight is 820 g/mol. The van der Waals surface area contributed by atoms with Gasteiger partial charge in [0.2, 0.25) is 0 Å². The largest absolute Gasteiger partial charge is 0.456 e. The zero-order chi connectivity index (χ0) is 42.7. The summed E-state index contributed by atoms with van der Waals surface area (Å²) in [4.78, 5) is 0. The molecule has 0 saturated heterocycles. The van der Waals surface area contributed by atoms with Crippen LogP contribution in [0.4, 0.5) is 0 Å². The highest BCUT2D eigenvalue weighted by Crippen LogP contribution is 2.52. The standard InChI is InChI=1S/C60H41N3O/c1-37-35-51-43-25-10-9-23-41(43)36-52(51)55(38(37)2)50-33-34-54-57(49-31-17-18-32-53(49)64-54)56(50)47-29-15-16-30-48(47)60-58(59(61-63-62-60)40-21-7-4-8-22-40)46-28-14-13-27-45(46)44-26-12-11-24-42(44)39-19-5-3-6-20-39/h3-35H,36H2,1-2H3. The summed E-state index contributed by atoms with van der Waals surface area (Å²) in [6, 6.07) is 71.1. The van der Waals surface area contributed by atoms with Gasteiger partial charge in [0.1, 0.15) is 22.6 Å². The topological polar surface area (TPSA) is 51.8 Å². The van der Waals surface area contributed by atoms with Crippen LogP contribution in [0.1, 0.15) is 22.3 Å². The van der Waals surface area contributed by atoms with E-state index in [4.69, 9.17) is 14.6 Å². The summed E-state index contributed by atoms with van der Waals surface area (Å²) in [5, 5.41) is 16.7. The molecule has 0 saturated carbocycles. The second kappa shape index (κ2) is 15.3. The van der Waals surface area contributed by atoms with Crippen molar-refractivity contribution < 1.29 is 4.42 Å². The van der Waals surface area contributed by atoms with Crippen molar-refractivity contribution in [3.8, 4) is 89.3 Å². The summed E-state index contributed by atoms with van der Waals surface area (Å²) >= 11 is 0. The molecule has 4 nitrogen and oxygen atoms in total. The molecule has 4 heteroatoms. The normalized spacial score (nSPS) is 11.8. The van der Waals surface area contributed by atoms with Crippen LogP contribution >= 0.6 is 0 Å². The molecule has 0 amide bonds. The number of rotatable bonds is 7. The Morgan fingerprint density at radius 2 is 0.953 bits per heavy atom. The van der Waals surface area contributed by atoms with Gasteiger partial charge in [0.25, 0.3) is 0 Å². The molecular formula is C60H41N3O. The number of aromatic nitrogens is 3. The third kappa shape index (κ3) is 6.02. The molecule has 0 aliphatic heterocycles. The van der Waals surface area contributed by atoms with Gasteiger partial charge < -0.3 is 4.42 Å². The Morgan fingerprint density at radius 1 is 0.391 bits per heavy atom. The van der Waals surface area contributed by atoms with Crippen molar-refractivity contribution in [2.75, 3.05) is 0 Å². The van der Waals surface area contributed by atoms with Crippen molar-refractivity contribution >= 4 is 21.9 Å². The zero-order valence-electron chi connectivity index (χ0n) is 35.5. The number of para-hydroxylation sites is 1. The van der Waals surface area contributed by atoms with Crippen LogP contribution in [0, 0.1) is 13.8 Å². The summed E-state index contributed by atoms with van der Waals surface area (Å²) in [7, 11) is 0. The molecule has 302 valence electrons. The van der Waals surface area contributed by atoms with Crippen molar-refractivity contribution in [3.05, 3.63) is 222 Å². The van der Waals surface area contributed by atoms with Gasteiger partial charge in [-0.05, 0) is 122 Å². The van der Waals surface area contributed by atoms with E-state index < -0.39 is 0 Å². The molecule has 64 heavy (non-hydrogen) atoms. The number of nitrogens with zero attached hydrogens (tertiary/aromatic N) is 3. The molecule has 0 N–H and O–H groups in total. The van der Waals surface area contributed by atoms with E-state index in [0.717, 1.165) is 95.4 Å². The van der Waals surface area contributed by atoms with Crippen LogP contribution < -0.4 is 0 Å². The number of fused-ring (bicyclic) bond motifs is 6. The lowest BCUT2D eigenvalue weighted by molar-refractivity contribution is 0.669. The van der Waals surface area contributed by atoms with Gasteiger partial charge in [-0.25, -0.2) is 0 Å². The Bertz CT molecular complexity index is 3610. The number of hydrogen-bond acceptors (Lipinski definition) is 4. The van der Waals surface area contributed by atoms with E-state index in [9.17, 15) is 0 Å². The molecule has 12 rings (SSSR count). The first-order valence-corrected chi connectivity index (χ1v) is 21.9. The van der Waals surface area contributed by atoms with Crippen LogP contribution in [0.2, 0.25) is 0 Å². The minimum atomic E-state index is 0.753. The Labute approximate surface area is 372 Å². The molecule has 0 atom stereocenters. The van der Waals surface area contributed by atoms with Crippen molar-refractivity contribution in [2.45, 2.75) is 20.3 Å². The Hall–Kier alpha value is -8.21.